The molecule has 0 spiro atoms. The zero-order valence-electron chi connectivity index (χ0n) is 13.4. The van der Waals surface area contributed by atoms with Gasteiger partial charge in [-0.05, 0) is 31.2 Å². The van der Waals surface area contributed by atoms with Crippen molar-refractivity contribution in [3.63, 3.8) is 0 Å². The van der Waals surface area contributed by atoms with Crippen LogP contribution in [0.4, 0.5) is 0 Å². The minimum absolute atomic E-state index is 0.0155. The van der Waals surface area contributed by atoms with Gasteiger partial charge >= 0.3 is 0 Å². The van der Waals surface area contributed by atoms with Crippen LogP contribution in [0.1, 0.15) is 49.3 Å². The topological polar surface area (TPSA) is 58.6 Å². The summed E-state index contributed by atoms with van der Waals surface area (Å²) in [6.07, 6.45) is 5.28. The maximum Gasteiger partial charge on any atom is 0.220 e. The first kappa shape index (κ1) is 17.0. The predicted molar refractivity (Wildman–Crippen MR) is 86.5 cm³/mol. The Labute approximate surface area is 132 Å². The summed E-state index contributed by atoms with van der Waals surface area (Å²) >= 11 is 0. The van der Waals surface area contributed by atoms with Crippen LogP contribution in [0.2, 0.25) is 0 Å². The minimum Gasteiger partial charge on any atom is -0.394 e. The number of carbonyl (C=O) groups is 1. The largest absolute Gasteiger partial charge is 0.394 e. The predicted octanol–water partition coefficient (Wildman–Crippen LogP) is 2.74. The van der Waals surface area contributed by atoms with Gasteiger partial charge in [-0.15, -0.1) is 0 Å². The molecule has 0 aliphatic heterocycles. The van der Waals surface area contributed by atoms with Crippen molar-refractivity contribution in [1.29, 1.82) is 0 Å². The average Bonchev–Trinajstić information content (AvgIpc) is 3.01. The van der Waals surface area contributed by atoms with Gasteiger partial charge in [0, 0.05) is 13.0 Å². The number of hydrogen-bond acceptors (Lipinski definition) is 3. The Morgan fingerprint density at radius 1 is 1.32 bits per heavy atom. The number of benzene rings is 1. The Hall–Kier alpha value is -1.39. The van der Waals surface area contributed by atoms with Gasteiger partial charge in [-0.3, -0.25) is 4.79 Å². The molecule has 0 saturated heterocycles. The van der Waals surface area contributed by atoms with Crippen LogP contribution in [-0.2, 0) is 9.53 Å². The number of aryl methyl sites for hydroxylation is 1. The van der Waals surface area contributed by atoms with E-state index in [0.29, 0.717) is 18.9 Å². The van der Waals surface area contributed by atoms with Crippen molar-refractivity contribution < 1.29 is 14.6 Å². The first-order chi connectivity index (χ1) is 10.7. The van der Waals surface area contributed by atoms with Crippen molar-refractivity contribution in [2.24, 2.45) is 5.92 Å². The Kier molecular flexibility index (Phi) is 6.87. The molecule has 1 aliphatic rings. The smallest absolute Gasteiger partial charge is 0.220 e. The second-order valence-electron chi connectivity index (χ2n) is 6.15. The van der Waals surface area contributed by atoms with E-state index in [1.54, 1.807) is 0 Å². The van der Waals surface area contributed by atoms with Gasteiger partial charge < -0.3 is 15.2 Å². The van der Waals surface area contributed by atoms with E-state index >= 15 is 0 Å². The molecule has 1 fully saturated rings. The quantitative estimate of drug-likeness (QED) is 0.776. The third-order valence-corrected chi connectivity index (χ3v) is 4.29. The van der Waals surface area contributed by atoms with Crippen molar-refractivity contribution in [3.05, 3.63) is 35.4 Å². The summed E-state index contributed by atoms with van der Waals surface area (Å²) in [6, 6.07) is 8.09. The van der Waals surface area contributed by atoms with Crippen LogP contribution in [0.25, 0.3) is 0 Å². The molecule has 1 unspecified atom stereocenters. The normalized spacial score (nSPS) is 16.6. The summed E-state index contributed by atoms with van der Waals surface area (Å²) in [6.45, 7) is 2.75. The van der Waals surface area contributed by atoms with Gasteiger partial charge in [-0.1, -0.05) is 42.7 Å². The van der Waals surface area contributed by atoms with Gasteiger partial charge in [0.25, 0.3) is 0 Å². The average molecular weight is 305 g/mol. The SMILES string of the molecule is Cc1ccc(C(CNC(=O)CC2CCCC2)OCCO)cc1. The summed E-state index contributed by atoms with van der Waals surface area (Å²) in [5.41, 5.74) is 2.22. The molecule has 22 heavy (non-hydrogen) atoms. The molecular weight excluding hydrogens is 278 g/mol. The zero-order valence-corrected chi connectivity index (χ0v) is 13.4. The van der Waals surface area contributed by atoms with Crippen LogP contribution in [-0.4, -0.2) is 30.8 Å². The number of aliphatic hydroxyl groups excluding tert-OH is 1. The summed E-state index contributed by atoms with van der Waals surface area (Å²) < 4.78 is 5.67. The van der Waals surface area contributed by atoms with E-state index < -0.39 is 0 Å². The maximum atomic E-state index is 12.0. The van der Waals surface area contributed by atoms with Crippen molar-refractivity contribution >= 4 is 5.91 Å². The summed E-state index contributed by atoms with van der Waals surface area (Å²) in [5, 5.41) is 11.9. The van der Waals surface area contributed by atoms with Crippen LogP contribution >= 0.6 is 0 Å². The summed E-state index contributed by atoms with van der Waals surface area (Å²) in [7, 11) is 0. The van der Waals surface area contributed by atoms with Gasteiger partial charge in [-0.2, -0.15) is 0 Å². The number of amides is 1. The van der Waals surface area contributed by atoms with Gasteiger partial charge in [0.1, 0.15) is 0 Å². The van der Waals surface area contributed by atoms with E-state index in [1.165, 1.54) is 31.2 Å². The summed E-state index contributed by atoms with van der Waals surface area (Å²) in [4.78, 5) is 12.0. The fourth-order valence-corrected chi connectivity index (χ4v) is 3.00. The fourth-order valence-electron chi connectivity index (χ4n) is 3.00. The highest BCUT2D eigenvalue weighted by molar-refractivity contribution is 5.76. The van der Waals surface area contributed by atoms with Gasteiger partial charge in [0.05, 0.1) is 19.3 Å². The standard InChI is InChI=1S/C18H27NO3/c1-14-6-8-16(9-7-14)17(22-11-10-20)13-19-18(21)12-15-4-2-3-5-15/h6-9,15,17,20H,2-5,10-13H2,1H3,(H,19,21). The van der Waals surface area contributed by atoms with E-state index in [4.69, 9.17) is 9.84 Å². The molecule has 4 heteroatoms. The molecule has 1 atom stereocenters. The van der Waals surface area contributed by atoms with Gasteiger partial charge in [0.15, 0.2) is 0 Å². The minimum atomic E-state index is -0.208. The molecule has 4 nitrogen and oxygen atoms in total. The van der Waals surface area contributed by atoms with Crippen molar-refractivity contribution in [3.8, 4) is 0 Å². The van der Waals surface area contributed by atoms with E-state index in [0.717, 1.165) is 5.56 Å². The Morgan fingerprint density at radius 2 is 2.00 bits per heavy atom. The maximum absolute atomic E-state index is 12.0. The van der Waals surface area contributed by atoms with Crippen molar-refractivity contribution in [1.82, 2.24) is 5.32 Å². The van der Waals surface area contributed by atoms with Gasteiger partial charge in [-0.25, -0.2) is 0 Å². The molecule has 1 amide bonds. The molecule has 1 aromatic rings. The first-order valence-corrected chi connectivity index (χ1v) is 8.24. The molecule has 2 rings (SSSR count). The van der Waals surface area contributed by atoms with Crippen LogP contribution in [0.15, 0.2) is 24.3 Å². The number of rotatable bonds is 8. The zero-order chi connectivity index (χ0) is 15.8. The van der Waals surface area contributed by atoms with Crippen LogP contribution in [0, 0.1) is 12.8 Å². The van der Waals surface area contributed by atoms with Crippen LogP contribution in [0.5, 0.6) is 0 Å². The second-order valence-corrected chi connectivity index (χ2v) is 6.15. The van der Waals surface area contributed by atoms with Crippen molar-refractivity contribution in [2.75, 3.05) is 19.8 Å². The third kappa shape index (κ3) is 5.43. The number of aliphatic hydroxyl groups is 1. The number of hydrogen-bond donors (Lipinski definition) is 2. The lowest BCUT2D eigenvalue weighted by molar-refractivity contribution is -0.122. The first-order valence-electron chi connectivity index (χ1n) is 8.24. The molecule has 0 heterocycles. The van der Waals surface area contributed by atoms with E-state index in [-0.39, 0.29) is 25.2 Å². The Balaban J connectivity index is 1.85. The molecule has 0 aromatic heterocycles. The second kappa shape index (κ2) is 8.91. The van der Waals surface area contributed by atoms with E-state index in [9.17, 15) is 4.79 Å². The monoisotopic (exact) mass is 305 g/mol. The van der Waals surface area contributed by atoms with E-state index in [2.05, 4.69) is 5.32 Å². The molecular formula is C18H27NO3. The van der Waals surface area contributed by atoms with Crippen LogP contribution < -0.4 is 5.32 Å². The molecule has 122 valence electrons. The van der Waals surface area contributed by atoms with Gasteiger partial charge in [0.2, 0.25) is 5.91 Å². The molecule has 0 radical (unpaired) electrons. The molecule has 0 bridgehead atoms. The Bertz CT molecular complexity index is 452. The highest BCUT2D eigenvalue weighted by Gasteiger charge is 2.19. The lowest BCUT2D eigenvalue weighted by Crippen LogP contribution is -2.31. The summed E-state index contributed by atoms with van der Waals surface area (Å²) in [5.74, 6) is 0.660. The van der Waals surface area contributed by atoms with Crippen LogP contribution in [0.3, 0.4) is 0 Å². The molecule has 1 aliphatic carbocycles. The lowest BCUT2D eigenvalue weighted by Gasteiger charge is -2.19. The molecule has 1 saturated carbocycles. The lowest BCUT2D eigenvalue weighted by atomic mass is 10.0. The fraction of sp³-hybridized carbons (Fsp3) is 0.611. The molecule has 2 N–H and O–H groups in total. The highest BCUT2D eigenvalue weighted by atomic mass is 16.5. The highest BCUT2D eigenvalue weighted by Crippen LogP contribution is 2.27. The van der Waals surface area contributed by atoms with Crippen molar-refractivity contribution in [2.45, 2.75) is 45.1 Å². The number of ether oxygens (including phenoxy) is 1. The van der Waals surface area contributed by atoms with E-state index in [1.807, 2.05) is 31.2 Å². The molecule has 1 aromatic carbocycles. The Morgan fingerprint density at radius 3 is 2.64 bits per heavy atom. The third-order valence-electron chi connectivity index (χ3n) is 4.29. The number of nitrogens with one attached hydrogen (secondary N) is 1. The number of carbonyl (C=O) groups excluding carboxylic acids is 1.